The molecule has 0 bridgehead atoms. The van der Waals surface area contributed by atoms with Crippen LogP contribution in [0, 0.1) is 0 Å². The number of nitrogens with zero attached hydrogens (tertiary/aromatic N) is 3. The number of anilines is 2. The number of aliphatic hydroxyl groups is 1. The van der Waals surface area contributed by atoms with E-state index in [0.29, 0.717) is 17.6 Å². The van der Waals surface area contributed by atoms with Crippen molar-refractivity contribution in [3.8, 4) is 0 Å². The average molecular weight is 315 g/mol. The van der Waals surface area contributed by atoms with E-state index in [-0.39, 0.29) is 12.7 Å². The van der Waals surface area contributed by atoms with Gasteiger partial charge in [-0.2, -0.15) is 4.98 Å². The number of rotatable bonds is 7. The first-order chi connectivity index (χ1) is 10.2. The summed E-state index contributed by atoms with van der Waals surface area (Å²) in [7, 11) is 0. The summed E-state index contributed by atoms with van der Waals surface area (Å²) in [6, 6.07) is 0. The third kappa shape index (κ3) is 4.69. The zero-order chi connectivity index (χ0) is 15.1. The first kappa shape index (κ1) is 16.3. The monoisotopic (exact) mass is 314 g/mol. The quantitative estimate of drug-likeness (QED) is 0.801. The Morgan fingerprint density at radius 1 is 1.48 bits per heavy atom. The van der Waals surface area contributed by atoms with E-state index in [9.17, 15) is 0 Å². The molecule has 0 amide bonds. The van der Waals surface area contributed by atoms with E-state index in [1.807, 2.05) is 0 Å². The molecule has 0 unspecified atom stereocenters. The molecule has 7 heteroatoms. The highest BCUT2D eigenvalue weighted by atomic mass is 35.5. The number of ether oxygens (including phenoxy) is 1. The Labute approximate surface area is 130 Å². The maximum Gasteiger partial charge on any atom is 0.224 e. The van der Waals surface area contributed by atoms with Crippen LogP contribution in [-0.2, 0) is 4.74 Å². The maximum absolute atomic E-state index is 8.79. The van der Waals surface area contributed by atoms with Crippen LogP contribution in [0.5, 0.6) is 0 Å². The molecule has 1 fully saturated rings. The zero-order valence-corrected chi connectivity index (χ0v) is 13.1. The third-order valence-electron chi connectivity index (χ3n) is 3.45. The highest BCUT2D eigenvalue weighted by Gasteiger charge is 2.22. The molecule has 0 aromatic carbocycles. The predicted octanol–water partition coefficient (Wildman–Crippen LogP) is 1.93. The van der Waals surface area contributed by atoms with Gasteiger partial charge in [-0.15, -0.1) is 0 Å². The van der Waals surface area contributed by atoms with Crippen LogP contribution in [0.25, 0.3) is 0 Å². The molecule has 1 saturated heterocycles. The Kier molecular flexibility index (Phi) is 6.48. The summed E-state index contributed by atoms with van der Waals surface area (Å²) in [6.07, 6.45) is 4.72. The molecule has 118 valence electrons. The van der Waals surface area contributed by atoms with Gasteiger partial charge in [0.1, 0.15) is 5.02 Å². The van der Waals surface area contributed by atoms with Gasteiger partial charge in [-0.3, -0.25) is 0 Å². The van der Waals surface area contributed by atoms with Crippen molar-refractivity contribution in [1.82, 2.24) is 9.97 Å². The summed E-state index contributed by atoms with van der Waals surface area (Å²) in [5, 5.41) is 12.5. The average Bonchev–Trinajstić information content (AvgIpc) is 2.53. The molecule has 21 heavy (non-hydrogen) atoms. The van der Waals surface area contributed by atoms with E-state index in [2.05, 4.69) is 27.1 Å². The standard InChI is InChI=1S/C14H23ClN4O2/c1-2-5-16-14-17-10-12(15)13(18-14)19-6-3-11(4-7-19)21-9-8-20/h10-11,20H,2-9H2,1H3,(H,16,17,18). The van der Waals surface area contributed by atoms with Gasteiger partial charge in [0.25, 0.3) is 0 Å². The lowest BCUT2D eigenvalue weighted by molar-refractivity contribution is 0.0158. The molecule has 0 atom stereocenters. The number of hydrogen-bond donors (Lipinski definition) is 2. The van der Waals surface area contributed by atoms with Gasteiger partial charge in [-0.25, -0.2) is 4.98 Å². The summed E-state index contributed by atoms with van der Waals surface area (Å²) >= 11 is 6.22. The fourth-order valence-corrected chi connectivity index (χ4v) is 2.57. The number of aliphatic hydroxyl groups excluding tert-OH is 1. The number of halogens is 1. The highest BCUT2D eigenvalue weighted by Crippen LogP contribution is 2.27. The van der Waals surface area contributed by atoms with Crippen LogP contribution in [0.2, 0.25) is 5.02 Å². The SMILES string of the molecule is CCCNc1ncc(Cl)c(N2CCC(OCCO)CC2)n1. The predicted molar refractivity (Wildman–Crippen MR) is 84.1 cm³/mol. The first-order valence-electron chi connectivity index (χ1n) is 7.48. The fourth-order valence-electron chi connectivity index (χ4n) is 2.36. The van der Waals surface area contributed by atoms with Crippen molar-refractivity contribution in [1.29, 1.82) is 0 Å². The summed E-state index contributed by atoms with van der Waals surface area (Å²) in [4.78, 5) is 10.9. The van der Waals surface area contributed by atoms with Crippen LogP contribution in [0.4, 0.5) is 11.8 Å². The van der Waals surface area contributed by atoms with E-state index in [1.165, 1.54) is 0 Å². The second-order valence-electron chi connectivity index (χ2n) is 5.07. The first-order valence-corrected chi connectivity index (χ1v) is 7.86. The largest absolute Gasteiger partial charge is 0.394 e. The van der Waals surface area contributed by atoms with Gasteiger partial charge < -0.3 is 20.1 Å². The number of hydrogen-bond acceptors (Lipinski definition) is 6. The molecule has 1 aromatic rings. The topological polar surface area (TPSA) is 70.5 Å². The number of aromatic nitrogens is 2. The molecule has 6 nitrogen and oxygen atoms in total. The Morgan fingerprint density at radius 2 is 2.24 bits per heavy atom. The Morgan fingerprint density at radius 3 is 2.90 bits per heavy atom. The summed E-state index contributed by atoms with van der Waals surface area (Å²) < 4.78 is 5.57. The van der Waals surface area contributed by atoms with Crippen molar-refractivity contribution >= 4 is 23.4 Å². The lowest BCUT2D eigenvalue weighted by atomic mass is 10.1. The molecule has 2 heterocycles. The number of nitrogens with one attached hydrogen (secondary N) is 1. The molecule has 2 N–H and O–H groups in total. The highest BCUT2D eigenvalue weighted by molar-refractivity contribution is 6.32. The minimum Gasteiger partial charge on any atom is -0.394 e. The molecule has 1 aromatic heterocycles. The van der Waals surface area contributed by atoms with Crippen molar-refractivity contribution in [2.75, 3.05) is 43.1 Å². The van der Waals surface area contributed by atoms with Crippen molar-refractivity contribution in [3.05, 3.63) is 11.2 Å². The van der Waals surface area contributed by atoms with Gasteiger partial charge in [0.05, 0.1) is 25.5 Å². The lowest BCUT2D eigenvalue weighted by Gasteiger charge is -2.33. The van der Waals surface area contributed by atoms with E-state index < -0.39 is 0 Å². The zero-order valence-electron chi connectivity index (χ0n) is 12.4. The van der Waals surface area contributed by atoms with Crippen molar-refractivity contribution in [2.45, 2.75) is 32.3 Å². The van der Waals surface area contributed by atoms with E-state index in [0.717, 1.165) is 44.7 Å². The van der Waals surface area contributed by atoms with Gasteiger partial charge in [-0.1, -0.05) is 18.5 Å². The van der Waals surface area contributed by atoms with Gasteiger partial charge in [0.2, 0.25) is 5.95 Å². The molecule has 0 radical (unpaired) electrons. The molecule has 0 spiro atoms. The molecule has 1 aliphatic heterocycles. The van der Waals surface area contributed by atoms with Crippen LogP contribution in [0.3, 0.4) is 0 Å². The van der Waals surface area contributed by atoms with E-state index in [1.54, 1.807) is 6.20 Å². The maximum atomic E-state index is 8.79. The van der Waals surface area contributed by atoms with Crippen molar-refractivity contribution in [3.63, 3.8) is 0 Å². The summed E-state index contributed by atoms with van der Waals surface area (Å²) in [5.74, 6) is 1.40. The molecule has 2 rings (SSSR count). The van der Waals surface area contributed by atoms with Gasteiger partial charge in [-0.05, 0) is 19.3 Å². The Hall–Kier alpha value is -1.11. The third-order valence-corrected chi connectivity index (χ3v) is 3.71. The fraction of sp³-hybridized carbons (Fsp3) is 0.714. The van der Waals surface area contributed by atoms with Crippen LogP contribution in [0.15, 0.2) is 6.20 Å². The van der Waals surface area contributed by atoms with E-state index in [4.69, 9.17) is 21.4 Å². The minimum absolute atomic E-state index is 0.0738. The van der Waals surface area contributed by atoms with Crippen LogP contribution in [-0.4, -0.2) is 54.0 Å². The second-order valence-corrected chi connectivity index (χ2v) is 5.48. The van der Waals surface area contributed by atoms with Gasteiger partial charge >= 0.3 is 0 Å². The van der Waals surface area contributed by atoms with Crippen LogP contribution >= 0.6 is 11.6 Å². The molecule has 0 saturated carbocycles. The smallest absolute Gasteiger partial charge is 0.224 e. The second kappa shape index (κ2) is 8.36. The lowest BCUT2D eigenvalue weighted by Crippen LogP contribution is -2.38. The van der Waals surface area contributed by atoms with Gasteiger partial charge in [0.15, 0.2) is 5.82 Å². The Bertz CT molecular complexity index is 439. The van der Waals surface area contributed by atoms with Gasteiger partial charge in [0, 0.05) is 19.6 Å². The molecular formula is C14H23ClN4O2. The van der Waals surface area contributed by atoms with Crippen LogP contribution < -0.4 is 10.2 Å². The van der Waals surface area contributed by atoms with Crippen LogP contribution in [0.1, 0.15) is 26.2 Å². The molecule has 0 aliphatic carbocycles. The molecule has 1 aliphatic rings. The van der Waals surface area contributed by atoms with E-state index >= 15 is 0 Å². The van der Waals surface area contributed by atoms with Crippen molar-refractivity contribution < 1.29 is 9.84 Å². The van der Waals surface area contributed by atoms with Crippen molar-refractivity contribution in [2.24, 2.45) is 0 Å². The minimum atomic E-state index is 0.0738. The Balaban J connectivity index is 1.95. The summed E-state index contributed by atoms with van der Waals surface area (Å²) in [6.45, 7) is 5.12. The molecular weight excluding hydrogens is 292 g/mol. The normalized spacial score (nSPS) is 16.2. The summed E-state index contributed by atoms with van der Waals surface area (Å²) in [5.41, 5.74) is 0. The number of piperidine rings is 1.